The van der Waals surface area contributed by atoms with Crippen LogP contribution in [0.3, 0.4) is 0 Å². The van der Waals surface area contributed by atoms with Gasteiger partial charge < -0.3 is 10.5 Å². The molecule has 0 aromatic rings. The molecule has 0 aromatic carbocycles. The Morgan fingerprint density at radius 3 is 2.21 bits per heavy atom. The maximum atomic E-state index is 5.88. The van der Waals surface area contributed by atoms with Gasteiger partial charge in [0.15, 0.2) is 0 Å². The first-order valence-corrected chi connectivity index (χ1v) is 5.91. The van der Waals surface area contributed by atoms with Gasteiger partial charge in [0, 0.05) is 5.54 Å². The Labute approximate surface area is 88.2 Å². The van der Waals surface area contributed by atoms with Crippen molar-refractivity contribution in [3.05, 3.63) is 0 Å². The molecule has 0 atom stereocenters. The maximum Gasteiger partial charge on any atom is 0.0644 e. The molecule has 0 heterocycles. The van der Waals surface area contributed by atoms with Crippen LogP contribution in [0.2, 0.25) is 0 Å². The summed E-state index contributed by atoms with van der Waals surface area (Å²) in [5.41, 5.74) is 5.70. The van der Waals surface area contributed by atoms with Gasteiger partial charge in [-0.25, -0.2) is 0 Å². The summed E-state index contributed by atoms with van der Waals surface area (Å²) in [6.07, 6.45) is 6.94. The summed E-state index contributed by atoms with van der Waals surface area (Å²) in [7, 11) is 0. The van der Waals surface area contributed by atoms with Crippen LogP contribution in [0.4, 0.5) is 0 Å². The number of rotatable bonds is 4. The molecule has 2 N–H and O–H groups in total. The van der Waals surface area contributed by atoms with Gasteiger partial charge >= 0.3 is 0 Å². The van der Waals surface area contributed by atoms with E-state index in [9.17, 15) is 0 Å². The fourth-order valence-corrected chi connectivity index (χ4v) is 2.04. The van der Waals surface area contributed by atoms with Crippen molar-refractivity contribution in [2.24, 2.45) is 11.7 Å². The summed E-state index contributed by atoms with van der Waals surface area (Å²) >= 11 is 0. The lowest BCUT2D eigenvalue weighted by Gasteiger charge is -2.30. The zero-order valence-corrected chi connectivity index (χ0v) is 9.88. The first-order valence-electron chi connectivity index (χ1n) is 5.91. The van der Waals surface area contributed by atoms with Crippen LogP contribution in [0.1, 0.15) is 52.9 Å². The van der Waals surface area contributed by atoms with Gasteiger partial charge in [-0.05, 0) is 45.4 Å². The molecule has 0 saturated heterocycles. The molecule has 1 aliphatic carbocycles. The Bertz CT molecular complexity index is 154. The lowest BCUT2D eigenvalue weighted by molar-refractivity contribution is -0.00198. The van der Waals surface area contributed by atoms with Crippen LogP contribution < -0.4 is 5.73 Å². The minimum atomic E-state index is -0.179. The Kier molecular flexibility index (Phi) is 4.39. The largest absolute Gasteiger partial charge is 0.376 e. The molecule has 0 aromatic heterocycles. The molecule has 0 spiro atoms. The van der Waals surface area contributed by atoms with E-state index in [0.29, 0.717) is 12.7 Å². The van der Waals surface area contributed by atoms with Crippen molar-refractivity contribution in [3.63, 3.8) is 0 Å². The summed E-state index contributed by atoms with van der Waals surface area (Å²) in [6, 6.07) is 0. The van der Waals surface area contributed by atoms with Crippen molar-refractivity contribution in [1.29, 1.82) is 0 Å². The van der Waals surface area contributed by atoms with E-state index < -0.39 is 0 Å². The molecule has 2 nitrogen and oxygen atoms in total. The van der Waals surface area contributed by atoms with Crippen molar-refractivity contribution >= 4 is 0 Å². The van der Waals surface area contributed by atoms with Crippen molar-refractivity contribution in [2.45, 2.75) is 64.5 Å². The Balaban J connectivity index is 2.16. The summed E-state index contributed by atoms with van der Waals surface area (Å²) < 4.78 is 5.82. The predicted octanol–water partition coefficient (Wildman–Crippen LogP) is 2.71. The van der Waals surface area contributed by atoms with Gasteiger partial charge in [0.25, 0.3) is 0 Å². The summed E-state index contributed by atoms with van der Waals surface area (Å²) in [5, 5.41) is 0. The number of nitrogens with two attached hydrogens (primary N) is 1. The van der Waals surface area contributed by atoms with Gasteiger partial charge in [-0.15, -0.1) is 0 Å². The number of hydrogen-bond acceptors (Lipinski definition) is 2. The molecule has 0 radical (unpaired) electrons. The van der Waals surface area contributed by atoms with E-state index in [2.05, 4.69) is 6.92 Å². The van der Waals surface area contributed by atoms with Gasteiger partial charge in [-0.3, -0.25) is 0 Å². The zero-order valence-electron chi connectivity index (χ0n) is 9.88. The van der Waals surface area contributed by atoms with E-state index in [4.69, 9.17) is 10.5 Å². The van der Waals surface area contributed by atoms with Gasteiger partial charge in [-0.2, -0.15) is 0 Å². The van der Waals surface area contributed by atoms with E-state index in [1.165, 1.54) is 32.1 Å². The quantitative estimate of drug-likeness (QED) is 0.755. The second kappa shape index (κ2) is 5.13. The summed E-state index contributed by atoms with van der Waals surface area (Å²) in [5.74, 6) is 0.945. The molecule has 1 aliphatic rings. The van der Waals surface area contributed by atoms with E-state index in [0.717, 1.165) is 5.92 Å². The predicted molar refractivity (Wildman–Crippen MR) is 60.3 cm³/mol. The second-order valence-corrected chi connectivity index (χ2v) is 5.35. The van der Waals surface area contributed by atoms with Crippen LogP contribution in [0.15, 0.2) is 0 Å². The van der Waals surface area contributed by atoms with Crippen LogP contribution in [-0.2, 0) is 4.74 Å². The molecule has 84 valence electrons. The fraction of sp³-hybridized carbons (Fsp3) is 1.00. The third kappa shape index (κ3) is 4.43. The zero-order chi connectivity index (χ0) is 10.6. The third-order valence-electron chi connectivity index (χ3n) is 3.06. The van der Waals surface area contributed by atoms with Crippen molar-refractivity contribution in [3.8, 4) is 0 Å². The molecule has 0 amide bonds. The fourth-order valence-electron chi connectivity index (χ4n) is 2.04. The normalized spacial score (nSPS) is 29.1. The lowest BCUT2D eigenvalue weighted by Crippen LogP contribution is -2.39. The van der Waals surface area contributed by atoms with E-state index >= 15 is 0 Å². The summed E-state index contributed by atoms with van der Waals surface area (Å²) in [6.45, 7) is 7.01. The van der Waals surface area contributed by atoms with E-state index in [1.54, 1.807) is 0 Å². The molecule has 0 bridgehead atoms. The van der Waals surface area contributed by atoms with Crippen LogP contribution in [0.25, 0.3) is 0 Å². The minimum absolute atomic E-state index is 0.179. The minimum Gasteiger partial charge on any atom is -0.376 e. The summed E-state index contributed by atoms with van der Waals surface area (Å²) in [4.78, 5) is 0. The molecule has 0 unspecified atom stereocenters. The second-order valence-electron chi connectivity index (χ2n) is 5.35. The number of ether oxygens (including phenoxy) is 1. The first kappa shape index (κ1) is 12.0. The lowest BCUT2D eigenvalue weighted by atomic mass is 9.86. The highest BCUT2D eigenvalue weighted by Crippen LogP contribution is 2.28. The highest BCUT2D eigenvalue weighted by atomic mass is 16.5. The van der Waals surface area contributed by atoms with Crippen LogP contribution in [0.5, 0.6) is 0 Å². The van der Waals surface area contributed by atoms with Crippen molar-refractivity contribution < 1.29 is 4.74 Å². The highest BCUT2D eigenvalue weighted by molar-refractivity contribution is 4.75. The van der Waals surface area contributed by atoms with E-state index in [1.807, 2.05) is 13.8 Å². The SMILES string of the molecule is CCC1CCC(OCC(C)(C)N)CC1. The van der Waals surface area contributed by atoms with Gasteiger partial charge in [-0.1, -0.05) is 13.3 Å². The van der Waals surface area contributed by atoms with Gasteiger partial charge in [0.1, 0.15) is 0 Å². The highest BCUT2D eigenvalue weighted by Gasteiger charge is 2.22. The van der Waals surface area contributed by atoms with Gasteiger partial charge in [0.05, 0.1) is 12.7 Å². The number of hydrogen-bond donors (Lipinski definition) is 1. The van der Waals surface area contributed by atoms with Gasteiger partial charge in [0.2, 0.25) is 0 Å². The molecule has 1 rings (SSSR count). The van der Waals surface area contributed by atoms with Crippen molar-refractivity contribution in [1.82, 2.24) is 0 Å². The monoisotopic (exact) mass is 199 g/mol. The standard InChI is InChI=1S/C12H25NO/c1-4-10-5-7-11(8-6-10)14-9-12(2,3)13/h10-11H,4-9,13H2,1-3H3. The average Bonchev–Trinajstić information content (AvgIpc) is 2.14. The van der Waals surface area contributed by atoms with E-state index in [-0.39, 0.29) is 5.54 Å². The molecular weight excluding hydrogens is 174 g/mol. The average molecular weight is 199 g/mol. The molecule has 0 aliphatic heterocycles. The molecular formula is C12H25NO. The molecule has 1 fully saturated rings. The van der Waals surface area contributed by atoms with Crippen LogP contribution in [-0.4, -0.2) is 18.2 Å². The first-order chi connectivity index (χ1) is 6.51. The third-order valence-corrected chi connectivity index (χ3v) is 3.06. The van der Waals surface area contributed by atoms with Crippen LogP contribution in [0, 0.1) is 5.92 Å². The molecule has 2 heteroatoms. The molecule has 1 saturated carbocycles. The Hall–Kier alpha value is -0.0800. The Morgan fingerprint density at radius 2 is 1.79 bits per heavy atom. The van der Waals surface area contributed by atoms with Crippen LogP contribution >= 0.6 is 0 Å². The molecule has 14 heavy (non-hydrogen) atoms. The topological polar surface area (TPSA) is 35.2 Å². The smallest absolute Gasteiger partial charge is 0.0644 e. The van der Waals surface area contributed by atoms with Crippen molar-refractivity contribution in [2.75, 3.05) is 6.61 Å². The Morgan fingerprint density at radius 1 is 1.21 bits per heavy atom. The maximum absolute atomic E-state index is 5.88.